The summed E-state index contributed by atoms with van der Waals surface area (Å²) < 4.78 is 6.96. The number of hydrogen-bond donors (Lipinski definition) is 0. The van der Waals surface area contributed by atoms with Crippen LogP contribution in [0.3, 0.4) is 0 Å². The van der Waals surface area contributed by atoms with Gasteiger partial charge in [-0.25, -0.2) is 4.68 Å². The molecule has 4 heterocycles. The molecule has 2 fully saturated rings. The number of rotatable bonds is 6. The van der Waals surface area contributed by atoms with E-state index < -0.39 is 0 Å². The van der Waals surface area contributed by atoms with Gasteiger partial charge in [0.2, 0.25) is 5.89 Å². The molecule has 3 aromatic heterocycles. The molecule has 3 aromatic rings. The van der Waals surface area contributed by atoms with Crippen LogP contribution in [-0.4, -0.2) is 42.9 Å². The lowest BCUT2D eigenvalue weighted by Gasteiger charge is -2.31. The molecule has 150 valence electrons. The van der Waals surface area contributed by atoms with Gasteiger partial charge >= 0.3 is 0 Å². The first-order valence-corrected chi connectivity index (χ1v) is 10.3. The van der Waals surface area contributed by atoms with Gasteiger partial charge in [-0.3, -0.25) is 14.7 Å². The molecule has 0 N–H and O–H groups in total. The summed E-state index contributed by atoms with van der Waals surface area (Å²) in [4.78, 5) is 23.2. The summed E-state index contributed by atoms with van der Waals surface area (Å²) in [7, 11) is 0. The number of nitrogens with zero attached hydrogens (tertiary/aromatic N) is 6. The van der Waals surface area contributed by atoms with Gasteiger partial charge in [0.05, 0.1) is 12.2 Å². The topological polar surface area (TPSA) is 89.9 Å². The third-order valence-corrected chi connectivity index (χ3v) is 5.76. The minimum Gasteiger partial charge on any atom is -0.339 e. The van der Waals surface area contributed by atoms with Crippen molar-refractivity contribution in [3.8, 4) is 11.3 Å². The summed E-state index contributed by atoms with van der Waals surface area (Å²) in [5.74, 6) is 2.52. The number of pyridine rings is 1. The average Bonchev–Trinajstić information content (AvgIpc) is 3.51. The lowest BCUT2D eigenvalue weighted by molar-refractivity contribution is 0.159. The SMILES string of the molecule is O=c1ccc(-c2ccncc2)nn1CC1CCN(Cc2noc(C3CC3)n2)CC1. The van der Waals surface area contributed by atoms with Crippen molar-refractivity contribution in [1.82, 2.24) is 29.8 Å². The van der Waals surface area contributed by atoms with E-state index in [1.54, 1.807) is 29.2 Å². The first-order valence-electron chi connectivity index (χ1n) is 10.3. The second-order valence-electron chi connectivity index (χ2n) is 8.02. The molecular formula is C21H24N6O2. The van der Waals surface area contributed by atoms with Crippen molar-refractivity contribution < 1.29 is 4.52 Å². The molecule has 29 heavy (non-hydrogen) atoms. The highest BCUT2D eigenvalue weighted by Crippen LogP contribution is 2.38. The standard InChI is InChI=1S/C21H24N6O2/c28-20-4-3-18(16-5-9-22-10-6-16)24-27(20)13-15-7-11-26(12-8-15)14-19-23-21(29-25-19)17-1-2-17/h3-6,9-10,15,17H,1-2,7-8,11-14H2. The van der Waals surface area contributed by atoms with E-state index in [-0.39, 0.29) is 5.56 Å². The van der Waals surface area contributed by atoms with Gasteiger partial charge in [0, 0.05) is 36.5 Å². The molecule has 0 atom stereocenters. The van der Waals surface area contributed by atoms with Crippen LogP contribution in [0.25, 0.3) is 11.3 Å². The van der Waals surface area contributed by atoms with Crippen LogP contribution < -0.4 is 5.56 Å². The lowest BCUT2D eigenvalue weighted by Crippen LogP contribution is -2.36. The maximum absolute atomic E-state index is 12.3. The number of aromatic nitrogens is 5. The van der Waals surface area contributed by atoms with Crippen molar-refractivity contribution in [3.63, 3.8) is 0 Å². The monoisotopic (exact) mass is 392 g/mol. The van der Waals surface area contributed by atoms with E-state index in [1.807, 2.05) is 12.1 Å². The Morgan fingerprint density at radius 1 is 1.03 bits per heavy atom. The number of hydrogen-bond acceptors (Lipinski definition) is 7. The van der Waals surface area contributed by atoms with Gasteiger partial charge in [-0.05, 0) is 62.9 Å². The molecule has 0 aromatic carbocycles. The fourth-order valence-electron chi connectivity index (χ4n) is 3.86. The Balaban J connectivity index is 1.18. The molecule has 8 heteroatoms. The minimum absolute atomic E-state index is 0.0513. The van der Waals surface area contributed by atoms with E-state index in [2.05, 4.69) is 25.1 Å². The Morgan fingerprint density at radius 3 is 2.59 bits per heavy atom. The Hall–Kier alpha value is -2.87. The van der Waals surface area contributed by atoms with E-state index >= 15 is 0 Å². The highest BCUT2D eigenvalue weighted by Gasteiger charge is 2.30. The Kier molecular flexibility index (Phi) is 4.93. The summed E-state index contributed by atoms with van der Waals surface area (Å²) in [6, 6.07) is 7.19. The van der Waals surface area contributed by atoms with Gasteiger partial charge in [0.1, 0.15) is 0 Å². The van der Waals surface area contributed by atoms with Gasteiger partial charge in [-0.1, -0.05) is 5.16 Å². The third-order valence-electron chi connectivity index (χ3n) is 5.76. The Morgan fingerprint density at radius 2 is 1.83 bits per heavy atom. The van der Waals surface area contributed by atoms with Crippen molar-refractivity contribution in [3.05, 3.63) is 58.7 Å². The molecule has 2 aliphatic rings. The molecular weight excluding hydrogens is 368 g/mol. The Bertz CT molecular complexity index is 1020. The van der Waals surface area contributed by atoms with Crippen LogP contribution in [0.4, 0.5) is 0 Å². The van der Waals surface area contributed by atoms with Gasteiger partial charge in [-0.2, -0.15) is 10.1 Å². The van der Waals surface area contributed by atoms with Gasteiger partial charge in [0.25, 0.3) is 5.56 Å². The third kappa shape index (κ3) is 4.27. The van der Waals surface area contributed by atoms with Crippen molar-refractivity contribution >= 4 is 0 Å². The maximum Gasteiger partial charge on any atom is 0.266 e. The molecule has 1 aliphatic heterocycles. The van der Waals surface area contributed by atoms with E-state index in [9.17, 15) is 4.79 Å². The van der Waals surface area contributed by atoms with E-state index in [1.165, 1.54) is 12.8 Å². The first-order chi connectivity index (χ1) is 14.2. The molecule has 0 radical (unpaired) electrons. The molecule has 1 saturated carbocycles. The van der Waals surface area contributed by atoms with Crippen LogP contribution in [0.2, 0.25) is 0 Å². The fourth-order valence-corrected chi connectivity index (χ4v) is 3.86. The van der Waals surface area contributed by atoms with E-state index in [0.29, 0.717) is 18.4 Å². The number of likely N-dealkylation sites (tertiary alicyclic amines) is 1. The molecule has 0 amide bonds. The van der Waals surface area contributed by atoms with Gasteiger partial charge in [-0.15, -0.1) is 0 Å². The molecule has 5 rings (SSSR count). The zero-order chi connectivity index (χ0) is 19.6. The largest absolute Gasteiger partial charge is 0.339 e. The van der Waals surface area contributed by atoms with Crippen molar-refractivity contribution in [2.45, 2.75) is 44.7 Å². The zero-order valence-electron chi connectivity index (χ0n) is 16.3. The van der Waals surface area contributed by atoms with Crippen LogP contribution in [0.5, 0.6) is 0 Å². The molecule has 1 aliphatic carbocycles. The molecule has 0 spiro atoms. The lowest BCUT2D eigenvalue weighted by atomic mass is 9.97. The summed E-state index contributed by atoms with van der Waals surface area (Å²) in [6.45, 7) is 3.33. The maximum atomic E-state index is 12.3. The highest BCUT2D eigenvalue weighted by molar-refractivity contribution is 5.56. The van der Waals surface area contributed by atoms with E-state index in [0.717, 1.165) is 55.4 Å². The second kappa shape index (κ2) is 7.87. The average molecular weight is 392 g/mol. The summed E-state index contributed by atoms with van der Waals surface area (Å²) in [5.41, 5.74) is 1.71. The van der Waals surface area contributed by atoms with Crippen molar-refractivity contribution in [2.75, 3.05) is 13.1 Å². The zero-order valence-corrected chi connectivity index (χ0v) is 16.3. The van der Waals surface area contributed by atoms with Crippen LogP contribution in [-0.2, 0) is 13.1 Å². The highest BCUT2D eigenvalue weighted by atomic mass is 16.5. The molecule has 0 bridgehead atoms. The summed E-state index contributed by atoms with van der Waals surface area (Å²) >= 11 is 0. The second-order valence-corrected chi connectivity index (χ2v) is 8.02. The first kappa shape index (κ1) is 18.2. The smallest absolute Gasteiger partial charge is 0.266 e. The fraction of sp³-hybridized carbons (Fsp3) is 0.476. The van der Waals surface area contributed by atoms with E-state index in [4.69, 9.17) is 4.52 Å². The van der Waals surface area contributed by atoms with Crippen LogP contribution in [0.1, 0.15) is 43.3 Å². The van der Waals surface area contributed by atoms with Crippen LogP contribution >= 0.6 is 0 Å². The summed E-state index contributed by atoms with van der Waals surface area (Å²) in [6.07, 6.45) is 7.87. The van der Waals surface area contributed by atoms with Crippen LogP contribution in [0.15, 0.2) is 46.0 Å². The van der Waals surface area contributed by atoms with Gasteiger partial charge in [0.15, 0.2) is 5.82 Å². The number of piperidine rings is 1. The Labute approximate surface area is 168 Å². The normalized spacial score (nSPS) is 18.2. The van der Waals surface area contributed by atoms with Gasteiger partial charge < -0.3 is 4.52 Å². The predicted octanol–water partition coefficient (Wildman–Crippen LogP) is 2.48. The molecule has 8 nitrogen and oxygen atoms in total. The predicted molar refractivity (Wildman–Crippen MR) is 106 cm³/mol. The van der Waals surface area contributed by atoms with Crippen molar-refractivity contribution in [2.24, 2.45) is 5.92 Å². The van der Waals surface area contributed by atoms with Crippen molar-refractivity contribution in [1.29, 1.82) is 0 Å². The summed E-state index contributed by atoms with van der Waals surface area (Å²) in [5, 5.41) is 8.70. The minimum atomic E-state index is -0.0513. The quantitative estimate of drug-likeness (QED) is 0.636. The molecule has 1 saturated heterocycles. The van der Waals surface area contributed by atoms with Crippen LogP contribution in [0, 0.1) is 5.92 Å². The molecule has 0 unspecified atom stereocenters.